The molecule has 1 saturated heterocycles. The van der Waals surface area contributed by atoms with Crippen molar-refractivity contribution >= 4 is 29.2 Å². The number of carbonyl (C=O) groups excluding carboxylic acids is 1. The van der Waals surface area contributed by atoms with Crippen LogP contribution in [0.25, 0.3) is 0 Å². The van der Waals surface area contributed by atoms with Gasteiger partial charge in [-0.15, -0.1) is 0 Å². The van der Waals surface area contributed by atoms with Gasteiger partial charge in [0.25, 0.3) is 0 Å². The maximum absolute atomic E-state index is 12.1. The third kappa shape index (κ3) is 5.48. The number of hydrogen-bond donors (Lipinski definition) is 0. The molecule has 4 nitrogen and oxygen atoms in total. The lowest BCUT2D eigenvalue weighted by molar-refractivity contribution is -0.191. The second-order valence-corrected chi connectivity index (χ2v) is 7.36. The second kappa shape index (κ2) is 8.79. The molecular weight excluding hydrogens is 387 g/mol. The smallest absolute Gasteiger partial charge is 0.334 e. The maximum Gasteiger partial charge on any atom is 0.334 e. The van der Waals surface area contributed by atoms with Crippen molar-refractivity contribution < 1.29 is 19.0 Å². The van der Waals surface area contributed by atoms with E-state index in [9.17, 15) is 4.79 Å². The van der Waals surface area contributed by atoms with Gasteiger partial charge in [0, 0.05) is 22.0 Å². The first-order valence-electron chi connectivity index (χ1n) is 8.65. The minimum atomic E-state index is -0.695. The summed E-state index contributed by atoms with van der Waals surface area (Å²) in [4.78, 5) is 12.1. The summed E-state index contributed by atoms with van der Waals surface area (Å²) in [5, 5.41) is 1.20. The monoisotopic (exact) mass is 406 g/mol. The average molecular weight is 407 g/mol. The highest BCUT2D eigenvalue weighted by Gasteiger charge is 2.30. The van der Waals surface area contributed by atoms with Crippen LogP contribution in [0.4, 0.5) is 0 Å². The molecule has 2 aromatic carbocycles. The fourth-order valence-corrected chi connectivity index (χ4v) is 3.18. The molecule has 6 heteroatoms. The van der Waals surface area contributed by atoms with E-state index >= 15 is 0 Å². The first-order chi connectivity index (χ1) is 12.9. The van der Waals surface area contributed by atoms with Crippen molar-refractivity contribution in [2.75, 3.05) is 0 Å². The van der Waals surface area contributed by atoms with Gasteiger partial charge < -0.3 is 14.2 Å². The predicted octanol–water partition coefficient (Wildman–Crippen LogP) is 6.01. The molecule has 1 aliphatic heterocycles. The lowest BCUT2D eigenvalue weighted by Gasteiger charge is -2.33. The molecular formula is C21H20Cl2O4. The van der Waals surface area contributed by atoms with E-state index in [0.717, 1.165) is 11.1 Å². The zero-order valence-electron chi connectivity index (χ0n) is 15.0. The Bertz CT molecular complexity index is 792. The Morgan fingerprint density at radius 1 is 1.11 bits per heavy atom. The lowest BCUT2D eigenvalue weighted by Crippen LogP contribution is -2.21. The van der Waals surface area contributed by atoms with Crippen LogP contribution in [0.15, 0.2) is 60.4 Å². The molecule has 0 spiro atoms. The molecule has 0 radical (unpaired) electrons. The Balaban J connectivity index is 1.90. The highest BCUT2D eigenvalue weighted by atomic mass is 35.5. The summed E-state index contributed by atoms with van der Waals surface area (Å²) < 4.78 is 17.2. The normalized spacial score (nSPS) is 21.1. The maximum atomic E-state index is 12.1. The van der Waals surface area contributed by atoms with Crippen molar-refractivity contribution in [1.82, 2.24) is 0 Å². The summed E-state index contributed by atoms with van der Waals surface area (Å²) in [7, 11) is 0. The fourth-order valence-electron chi connectivity index (χ4n) is 2.79. The molecule has 0 saturated carbocycles. The second-order valence-electron chi connectivity index (χ2n) is 6.48. The number of hydrogen-bond acceptors (Lipinski definition) is 4. The Hall–Kier alpha value is -2.01. The molecule has 142 valence electrons. The summed E-state index contributed by atoms with van der Waals surface area (Å²) in [6, 6.07) is 14.7. The van der Waals surface area contributed by atoms with E-state index in [2.05, 4.69) is 0 Å². The van der Waals surface area contributed by atoms with Gasteiger partial charge in [-0.3, -0.25) is 0 Å². The lowest BCUT2D eigenvalue weighted by atomic mass is 10.0. The first kappa shape index (κ1) is 19.7. The van der Waals surface area contributed by atoms with E-state index in [0.29, 0.717) is 22.2 Å². The third-order valence-corrected chi connectivity index (χ3v) is 4.38. The van der Waals surface area contributed by atoms with Crippen molar-refractivity contribution in [2.24, 2.45) is 0 Å². The number of halogens is 2. The SMILES string of the molecule is CC(C)OC(=O)/C=C1\C[C@@H](c2cccc(Cl)c2)O[C@@H](c2cccc(Cl)c2)O1. The van der Waals surface area contributed by atoms with Crippen molar-refractivity contribution in [3.8, 4) is 0 Å². The van der Waals surface area contributed by atoms with E-state index in [4.69, 9.17) is 37.4 Å². The highest BCUT2D eigenvalue weighted by Crippen LogP contribution is 2.40. The topological polar surface area (TPSA) is 44.8 Å². The summed E-state index contributed by atoms with van der Waals surface area (Å²) in [5.74, 6) is 0.0402. The van der Waals surface area contributed by atoms with E-state index in [1.165, 1.54) is 6.08 Å². The van der Waals surface area contributed by atoms with Crippen molar-refractivity contribution in [3.05, 3.63) is 81.5 Å². The van der Waals surface area contributed by atoms with Gasteiger partial charge in [0.2, 0.25) is 6.29 Å². The van der Waals surface area contributed by atoms with Crippen LogP contribution in [-0.2, 0) is 19.0 Å². The van der Waals surface area contributed by atoms with Crippen LogP contribution in [-0.4, -0.2) is 12.1 Å². The van der Waals surface area contributed by atoms with Gasteiger partial charge >= 0.3 is 5.97 Å². The summed E-state index contributed by atoms with van der Waals surface area (Å²) in [6.45, 7) is 3.59. The summed E-state index contributed by atoms with van der Waals surface area (Å²) in [5.41, 5.74) is 1.67. The quantitative estimate of drug-likeness (QED) is 0.460. The molecule has 3 rings (SSSR count). The number of esters is 1. The Morgan fingerprint density at radius 3 is 2.37 bits per heavy atom. The molecule has 1 fully saturated rings. The van der Waals surface area contributed by atoms with Gasteiger partial charge in [0.1, 0.15) is 5.76 Å². The molecule has 2 aromatic rings. The van der Waals surface area contributed by atoms with Crippen LogP contribution >= 0.6 is 23.2 Å². The van der Waals surface area contributed by atoms with Gasteiger partial charge in [-0.1, -0.05) is 47.5 Å². The number of carbonyl (C=O) groups is 1. The standard InChI is InChI=1S/C21H20Cl2O4/c1-13(2)25-20(24)12-18-11-19(14-5-3-7-16(22)9-14)27-21(26-18)15-6-4-8-17(23)10-15/h3-10,12-13,19,21H,11H2,1-2H3/b18-12+/t19-,21-/m0/s1. The van der Waals surface area contributed by atoms with Gasteiger partial charge in [-0.05, 0) is 43.7 Å². The minimum absolute atomic E-state index is 0.207. The molecule has 0 bridgehead atoms. The van der Waals surface area contributed by atoms with Crippen LogP contribution in [0.2, 0.25) is 10.0 Å². The van der Waals surface area contributed by atoms with E-state index in [1.54, 1.807) is 32.0 Å². The predicted molar refractivity (Wildman–Crippen MR) is 104 cm³/mol. The number of ether oxygens (including phenoxy) is 3. The zero-order chi connectivity index (χ0) is 19.4. The molecule has 0 amide bonds. The third-order valence-electron chi connectivity index (χ3n) is 3.90. The molecule has 1 heterocycles. The Labute approximate surface area is 168 Å². The number of rotatable bonds is 4. The zero-order valence-corrected chi connectivity index (χ0v) is 16.5. The van der Waals surface area contributed by atoms with E-state index in [-0.39, 0.29) is 12.2 Å². The minimum Gasteiger partial charge on any atom is -0.465 e. The Morgan fingerprint density at radius 2 is 1.74 bits per heavy atom. The van der Waals surface area contributed by atoms with Gasteiger partial charge in [0.15, 0.2) is 0 Å². The molecule has 0 aromatic heterocycles. The Kier molecular flexibility index (Phi) is 6.42. The molecule has 1 aliphatic rings. The fraction of sp³-hybridized carbons (Fsp3) is 0.286. The summed E-state index contributed by atoms with van der Waals surface area (Å²) >= 11 is 12.2. The number of benzene rings is 2. The van der Waals surface area contributed by atoms with Crippen molar-refractivity contribution in [2.45, 2.75) is 38.8 Å². The van der Waals surface area contributed by atoms with Crippen LogP contribution < -0.4 is 0 Å². The molecule has 27 heavy (non-hydrogen) atoms. The van der Waals surface area contributed by atoms with Gasteiger partial charge in [-0.25, -0.2) is 4.79 Å². The van der Waals surface area contributed by atoms with Crippen molar-refractivity contribution in [1.29, 1.82) is 0 Å². The van der Waals surface area contributed by atoms with Crippen LogP contribution in [0.1, 0.15) is 43.8 Å². The van der Waals surface area contributed by atoms with E-state index < -0.39 is 12.3 Å². The van der Waals surface area contributed by atoms with Gasteiger partial charge in [-0.2, -0.15) is 0 Å². The largest absolute Gasteiger partial charge is 0.465 e. The average Bonchev–Trinajstić information content (AvgIpc) is 2.60. The molecule has 0 N–H and O–H groups in total. The first-order valence-corrected chi connectivity index (χ1v) is 9.40. The molecule has 0 unspecified atom stereocenters. The van der Waals surface area contributed by atoms with Crippen LogP contribution in [0.3, 0.4) is 0 Å². The van der Waals surface area contributed by atoms with E-state index in [1.807, 2.05) is 30.3 Å². The van der Waals surface area contributed by atoms with Crippen LogP contribution in [0.5, 0.6) is 0 Å². The highest BCUT2D eigenvalue weighted by molar-refractivity contribution is 6.30. The molecule has 2 atom stereocenters. The summed E-state index contributed by atoms with van der Waals surface area (Å²) in [6.07, 6.45) is 0.545. The van der Waals surface area contributed by atoms with Crippen molar-refractivity contribution in [3.63, 3.8) is 0 Å². The molecule has 0 aliphatic carbocycles. The van der Waals surface area contributed by atoms with Crippen LogP contribution in [0, 0.1) is 0 Å². The van der Waals surface area contributed by atoms with Gasteiger partial charge in [0.05, 0.1) is 18.3 Å².